The number of rotatable bonds is 6. The minimum Gasteiger partial charge on any atom is -0.342 e. The van der Waals surface area contributed by atoms with Crippen LogP contribution < -0.4 is 10.6 Å². The summed E-state index contributed by atoms with van der Waals surface area (Å²) in [4.78, 5) is 19.6. The molecule has 0 fully saturated rings. The van der Waals surface area contributed by atoms with Crippen molar-refractivity contribution in [1.82, 2.24) is 20.6 Å². The summed E-state index contributed by atoms with van der Waals surface area (Å²) < 4.78 is 0. The molecule has 0 unspecified atom stereocenters. The van der Waals surface area contributed by atoms with Crippen molar-refractivity contribution in [3.63, 3.8) is 0 Å². The van der Waals surface area contributed by atoms with E-state index in [1.54, 1.807) is 18.2 Å². The maximum Gasteiger partial charge on any atom is 0.315 e. The Balaban J connectivity index is 1.38. The fourth-order valence-corrected chi connectivity index (χ4v) is 2.58. The van der Waals surface area contributed by atoms with Crippen LogP contribution in [0.5, 0.6) is 0 Å². The third-order valence-electron chi connectivity index (χ3n) is 3.82. The average molecular weight is 333 g/mol. The topological polar surface area (TPSA) is 93.6 Å². The molecule has 0 aliphatic carbocycles. The number of hydrogen-bond donors (Lipinski definition) is 3. The molecule has 0 saturated heterocycles. The summed E-state index contributed by atoms with van der Waals surface area (Å²) in [5.74, 6) is 0.928. The summed E-state index contributed by atoms with van der Waals surface area (Å²) in [5.41, 5.74) is 3.48. The van der Waals surface area contributed by atoms with Gasteiger partial charge in [-0.15, -0.1) is 0 Å². The van der Waals surface area contributed by atoms with Crippen molar-refractivity contribution in [1.29, 1.82) is 5.26 Å². The number of para-hydroxylation sites is 2. The number of urea groups is 1. The third-order valence-corrected chi connectivity index (χ3v) is 3.82. The first kappa shape index (κ1) is 16.5. The lowest BCUT2D eigenvalue weighted by molar-refractivity contribution is 0.240. The normalized spacial score (nSPS) is 10.4. The molecule has 3 N–H and O–H groups in total. The van der Waals surface area contributed by atoms with E-state index in [0.717, 1.165) is 35.3 Å². The van der Waals surface area contributed by atoms with Crippen LogP contribution >= 0.6 is 0 Å². The fraction of sp³-hybridized carbons (Fsp3) is 0.211. The molecule has 2 aromatic carbocycles. The van der Waals surface area contributed by atoms with Crippen molar-refractivity contribution in [3.05, 3.63) is 65.5 Å². The number of amides is 2. The standard InChI is InChI=1S/C19H19N5O/c20-12-14-5-3-6-15(11-14)13-22-19(25)21-10-4-9-18-23-16-7-1-2-8-17(16)24-18/h1-3,5-8,11H,4,9-10,13H2,(H,23,24)(H2,21,22,25). The highest BCUT2D eigenvalue weighted by molar-refractivity contribution is 5.75. The summed E-state index contributed by atoms with van der Waals surface area (Å²) in [6, 6.07) is 17.0. The summed E-state index contributed by atoms with van der Waals surface area (Å²) in [6.07, 6.45) is 1.58. The largest absolute Gasteiger partial charge is 0.342 e. The molecule has 6 heteroatoms. The highest BCUT2D eigenvalue weighted by Gasteiger charge is 2.03. The number of aromatic amines is 1. The molecule has 0 aliphatic heterocycles. The molecule has 0 atom stereocenters. The van der Waals surface area contributed by atoms with E-state index >= 15 is 0 Å². The van der Waals surface area contributed by atoms with Gasteiger partial charge in [0.1, 0.15) is 5.82 Å². The number of nitriles is 1. The van der Waals surface area contributed by atoms with Crippen LogP contribution in [-0.4, -0.2) is 22.5 Å². The molecule has 1 aromatic heterocycles. The molecule has 3 aromatic rings. The molecule has 25 heavy (non-hydrogen) atoms. The number of H-pyrrole nitrogens is 1. The number of aryl methyl sites for hydroxylation is 1. The zero-order chi connectivity index (χ0) is 17.5. The van der Waals surface area contributed by atoms with Gasteiger partial charge in [0, 0.05) is 19.5 Å². The number of fused-ring (bicyclic) bond motifs is 1. The highest BCUT2D eigenvalue weighted by Crippen LogP contribution is 2.11. The van der Waals surface area contributed by atoms with Gasteiger partial charge in [0.25, 0.3) is 0 Å². The number of carbonyl (C=O) groups is 1. The SMILES string of the molecule is N#Cc1cccc(CNC(=O)NCCCc2nc3ccccc3[nH]2)c1. The van der Waals surface area contributed by atoms with Crippen LogP contribution in [0.3, 0.4) is 0 Å². The van der Waals surface area contributed by atoms with E-state index in [4.69, 9.17) is 5.26 Å². The Bertz CT molecular complexity index is 876. The monoisotopic (exact) mass is 333 g/mol. The Morgan fingerprint density at radius 2 is 2.04 bits per heavy atom. The van der Waals surface area contributed by atoms with E-state index in [1.165, 1.54) is 0 Å². The van der Waals surface area contributed by atoms with Crippen LogP contribution in [0.1, 0.15) is 23.4 Å². The Labute approximate surface area is 145 Å². The van der Waals surface area contributed by atoms with E-state index in [0.29, 0.717) is 18.7 Å². The van der Waals surface area contributed by atoms with Crippen molar-refractivity contribution >= 4 is 17.1 Å². The van der Waals surface area contributed by atoms with Crippen LogP contribution in [0.25, 0.3) is 11.0 Å². The molecule has 0 spiro atoms. The molecule has 2 amide bonds. The first-order chi connectivity index (χ1) is 12.2. The first-order valence-electron chi connectivity index (χ1n) is 8.19. The third kappa shape index (κ3) is 4.58. The van der Waals surface area contributed by atoms with Gasteiger partial charge in [0.15, 0.2) is 0 Å². The van der Waals surface area contributed by atoms with Crippen LogP contribution in [0.2, 0.25) is 0 Å². The molecule has 0 aliphatic rings. The number of aromatic nitrogens is 2. The Morgan fingerprint density at radius 3 is 2.88 bits per heavy atom. The van der Waals surface area contributed by atoms with Gasteiger partial charge < -0.3 is 15.6 Å². The molecule has 1 heterocycles. The molecule has 6 nitrogen and oxygen atoms in total. The summed E-state index contributed by atoms with van der Waals surface area (Å²) in [6.45, 7) is 0.964. The smallest absolute Gasteiger partial charge is 0.315 e. The van der Waals surface area contributed by atoms with Gasteiger partial charge >= 0.3 is 6.03 Å². The minimum absolute atomic E-state index is 0.216. The number of carbonyl (C=O) groups excluding carboxylic acids is 1. The molecular formula is C19H19N5O. The summed E-state index contributed by atoms with van der Waals surface area (Å²) >= 11 is 0. The van der Waals surface area contributed by atoms with Crippen LogP contribution in [-0.2, 0) is 13.0 Å². The van der Waals surface area contributed by atoms with Crippen molar-refractivity contribution in [2.24, 2.45) is 0 Å². The van der Waals surface area contributed by atoms with Gasteiger partial charge in [-0.1, -0.05) is 24.3 Å². The van der Waals surface area contributed by atoms with Gasteiger partial charge in [-0.05, 0) is 36.2 Å². The predicted molar refractivity (Wildman–Crippen MR) is 95.8 cm³/mol. The lowest BCUT2D eigenvalue weighted by Gasteiger charge is -2.07. The lowest BCUT2D eigenvalue weighted by Crippen LogP contribution is -2.35. The molecule has 3 rings (SSSR count). The second kappa shape index (κ2) is 7.97. The number of imidazole rings is 1. The number of nitrogens with zero attached hydrogens (tertiary/aromatic N) is 2. The number of benzene rings is 2. The molecule has 126 valence electrons. The Hall–Kier alpha value is -3.33. The van der Waals surface area contributed by atoms with Gasteiger partial charge in [-0.2, -0.15) is 5.26 Å². The molecule has 0 saturated carbocycles. The van der Waals surface area contributed by atoms with Crippen molar-refractivity contribution < 1.29 is 4.79 Å². The second-order valence-electron chi connectivity index (χ2n) is 5.73. The van der Waals surface area contributed by atoms with Crippen LogP contribution in [0.4, 0.5) is 4.79 Å². The zero-order valence-electron chi connectivity index (χ0n) is 13.7. The maximum absolute atomic E-state index is 11.8. The van der Waals surface area contributed by atoms with E-state index in [2.05, 4.69) is 26.7 Å². The van der Waals surface area contributed by atoms with E-state index < -0.39 is 0 Å². The van der Waals surface area contributed by atoms with Crippen molar-refractivity contribution in [2.45, 2.75) is 19.4 Å². The molecule has 0 radical (unpaired) electrons. The Morgan fingerprint density at radius 1 is 1.16 bits per heavy atom. The predicted octanol–water partition coefficient (Wildman–Crippen LogP) is 2.87. The van der Waals surface area contributed by atoms with Gasteiger partial charge in [-0.25, -0.2) is 9.78 Å². The van der Waals surface area contributed by atoms with E-state index in [1.807, 2.05) is 30.3 Å². The fourth-order valence-electron chi connectivity index (χ4n) is 2.58. The van der Waals surface area contributed by atoms with Gasteiger partial charge in [0.05, 0.1) is 22.7 Å². The quantitative estimate of drug-likeness (QED) is 0.605. The van der Waals surface area contributed by atoms with E-state index in [9.17, 15) is 4.79 Å². The minimum atomic E-state index is -0.216. The van der Waals surface area contributed by atoms with Gasteiger partial charge in [-0.3, -0.25) is 0 Å². The van der Waals surface area contributed by atoms with E-state index in [-0.39, 0.29) is 6.03 Å². The lowest BCUT2D eigenvalue weighted by atomic mass is 10.1. The highest BCUT2D eigenvalue weighted by atomic mass is 16.2. The maximum atomic E-state index is 11.8. The van der Waals surface area contributed by atoms with Crippen LogP contribution in [0.15, 0.2) is 48.5 Å². The Kier molecular flexibility index (Phi) is 5.27. The number of nitrogens with one attached hydrogen (secondary N) is 3. The van der Waals surface area contributed by atoms with Crippen LogP contribution in [0, 0.1) is 11.3 Å². The molecular weight excluding hydrogens is 314 g/mol. The zero-order valence-corrected chi connectivity index (χ0v) is 13.7. The number of hydrogen-bond acceptors (Lipinski definition) is 3. The summed E-state index contributed by atoms with van der Waals surface area (Å²) in [7, 11) is 0. The van der Waals surface area contributed by atoms with Gasteiger partial charge in [0.2, 0.25) is 0 Å². The first-order valence-corrected chi connectivity index (χ1v) is 8.19. The van der Waals surface area contributed by atoms with Crippen molar-refractivity contribution in [3.8, 4) is 6.07 Å². The summed E-state index contributed by atoms with van der Waals surface area (Å²) in [5, 5.41) is 14.5. The second-order valence-corrected chi connectivity index (χ2v) is 5.73. The van der Waals surface area contributed by atoms with Crippen molar-refractivity contribution in [2.75, 3.05) is 6.54 Å². The molecule has 0 bridgehead atoms. The average Bonchev–Trinajstić information content (AvgIpc) is 3.06.